The number of methoxy groups -OCH3 is 1. The van der Waals surface area contributed by atoms with Crippen molar-refractivity contribution in [1.82, 2.24) is 15.1 Å². The zero-order valence-electron chi connectivity index (χ0n) is 10.7. The Bertz CT molecular complexity index is 298. The average molecular weight is 225 g/mol. The maximum Gasteiger partial charge on any atom is 0.0724 e. The highest BCUT2D eigenvalue weighted by Gasteiger charge is 2.12. The van der Waals surface area contributed by atoms with Crippen LogP contribution in [0.3, 0.4) is 0 Å². The van der Waals surface area contributed by atoms with E-state index in [1.165, 1.54) is 5.56 Å². The molecule has 2 unspecified atom stereocenters. The van der Waals surface area contributed by atoms with Gasteiger partial charge in [-0.2, -0.15) is 5.10 Å². The predicted octanol–water partition coefficient (Wildman–Crippen LogP) is 2.15. The third-order valence-electron chi connectivity index (χ3n) is 2.74. The lowest BCUT2D eigenvalue weighted by Gasteiger charge is -2.14. The van der Waals surface area contributed by atoms with Gasteiger partial charge < -0.3 is 10.1 Å². The molecule has 16 heavy (non-hydrogen) atoms. The smallest absolute Gasteiger partial charge is 0.0724 e. The van der Waals surface area contributed by atoms with Gasteiger partial charge in [0, 0.05) is 24.9 Å². The Labute approximate surface area is 98.0 Å². The van der Waals surface area contributed by atoms with E-state index in [9.17, 15) is 0 Å². The first-order valence-electron chi connectivity index (χ1n) is 5.99. The summed E-state index contributed by atoms with van der Waals surface area (Å²) in [6.45, 7) is 8.09. The molecule has 1 aromatic rings. The van der Waals surface area contributed by atoms with Crippen LogP contribution in [-0.2, 0) is 4.74 Å². The molecule has 0 saturated carbocycles. The van der Waals surface area contributed by atoms with Gasteiger partial charge >= 0.3 is 0 Å². The Morgan fingerprint density at radius 3 is 2.81 bits per heavy atom. The van der Waals surface area contributed by atoms with E-state index >= 15 is 0 Å². The molecule has 1 rings (SSSR count). The average Bonchev–Trinajstić information content (AvgIpc) is 2.75. The second-order valence-electron chi connectivity index (χ2n) is 4.08. The van der Waals surface area contributed by atoms with Crippen LogP contribution < -0.4 is 5.32 Å². The van der Waals surface area contributed by atoms with Gasteiger partial charge in [-0.05, 0) is 19.9 Å². The lowest BCUT2D eigenvalue weighted by atomic mass is 10.1. The largest absolute Gasteiger partial charge is 0.382 e. The summed E-state index contributed by atoms with van der Waals surface area (Å²) >= 11 is 0. The van der Waals surface area contributed by atoms with Gasteiger partial charge in [0.15, 0.2) is 0 Å². The maximum atomic E-state index is 5.13. The molecule has 0 aliphatic rings. The zero-order chi connectivity index (χ0) is 12.0. The minimum atomic E-state index is 0.290. The van der Waals surface area contributed by atoms with Gasteiger partial charge in [0.25, 0.3) is 0 Å². The van der Waals surface area contributed by atoms with E-state index in [0.717, 1.165) is 13.0 Å². The second kappa shape index (κ2) is 6.66. The normalized spacial score (nSPS) is 15.0. The summed E-state index contributed by atoms with van der Waals surface area (Å²) in [6, 6.07) is 0.700. The van der Waals surface area contributed by atoms with Crippen molar-refractivity contribution >= 4 is 0 Å². The van der Waals surface area contributed by atoms with Crippen molar-refractivity contribution in [2.45, 2.75) is 39.3 Å². The molecule has 1 heterocycles. The highest BCUT2D eigenvalue weighted by Crippen LogP contribution is 2.17. The molecule has 0 amide bonds. The molecule has 0 aliphatic carbocycles. The second-order valence-corrected chi connectivity index (χ2v) is 4.08. The minimum Gasteiger partial charge on any atom is -0.382 e. The van der Waals surface area contributed by atoms with Crippen molar-refractivity contribution in [3.8, 4) is 0 Å². The molecule has 4 nitrogen and oxygen atoms in total. The van der Waals surface area contributed by atoms with Gasteiger partial charge in [-0.25, -0.2) is 0 Å². The molecule has 0 spiro atoms. The summed E-state index contributed by atoms with van der Waals surface area (Å²) < 4.78 is 7.10. The summed E-state index contributed by atoms with van der Waals surface area (Å²) in [7, 11) is 1.72. The maximum absolute atomic E-state index is 5.13. The van der Waals surface area contributed by atoms with Gasteiger partial charge in [-0.15, -0.1) is 0 Å². The molecule has 0 saturated heterocycles. The van der Waals surface area contributed by atoms with Crippen molar-refractivity contribution in [3.63, 3.8) is 0 Å². The Kier molecular flexibility index (Phi) is 5.49. The Morgan fingerprint density at radius 2 is 2.25 bits per heavy atom. The van der Waals surface area contributed by atoms with Crippen molar-refractivity contribution in [2.75, 3.05) is 20.3 Å². The first kappa shape index (κ1) is 13.2. The fourth-order valence-electron chi connectivity index (χ4n) is 1.84. The van der Waals surface area contributed by atoms with Gasteiger partial charge in [-0.1, -0.05) is 13.8 Å². The molecule has 0 radical (unpaired) electrons. The third kappa shape index (κ3) is 3.32. The van der Waals surface area contributed by atoms with E-state index in [0.29, 0.717) is 12.6 Å². The van der Waals surface area contributed by atoms with Crippen LogP contribution in [0.15, 0.2) is 12.4 Å². The lowest BCUT2D eigenvalue weighted by Crippen LogP contribution is -2.19. The van der Waals surface area contributed by atoms with E-state index in [1.54, 1.807) is 7.11 Å². The molecular weight excluding hydrogens is 202 g/mol. The topological polar surface area (TPSA) is 39.1 Å². The Balaban J connectivity index is 2.68. The summed E-state index contributed by atoms with van der Waals surface area (Å²) in [5, 5.41) is 7.83. The van der Waals surface area contributed by atoms with E-state index in [4.69, 9.17) is 4.74 Å². The number of hydrogen-bond donors (Lipinski definition) is 1. The molecule has 0 bridgehead atoms. The van der Waals surface area contributed by atoms with Crippen LogP contribution in [0.5, 0.6) is 0 Å². The summed E-state index contributed by atoms with van der Waals surface area (Å²) in [5.41, 5.74) is 1.26. The standard InChI is InChI=1S/C12H23N3O/c1-5-12(13-6-2)11-7-14-15(8-11)10(3)9-16-4/h7-8,10,12-13H,5-6,9H2,1-4H3. The van der Waals surface area contributed by atoms with Crippen molar-refractivity contribution in [3.05, 3.63) is 18.0 Å². The van der Waals surface area contributed by atoms with Gasteiger partial charge in [0.1, 0.15) is 0 Å². The molecule has 2 atom stereocenters. The van der Waals surface area contributed by atoms with Crippen LogP contribution in [0.2, 0.25) is 0 Å². The molecule has 1 N–H and O–H groups in total. The van der Waals surface area contributed by atoms with Crippen molar-refractivity contribution in [1.29, 1.82) is 0 Å². The molecule has 92 valence electrons. The predicted molar refractivity (Wildman–Crippen MR) is 65.5 cm³/mol. The number of nitrogens with one attached hydrogen (secondary N) is 1. The first-order chi connectivity index (χ1) is 7.72. The van der Waals surface area contributed by atoms with E-state index in [2.05, 4.69) is 37.4 Å². The minimum absolute atomic E-state index is 0.290. The highest BCUT2D eigenvalue weighted by molar-refractivity contribution is 5.10. The number of ether oxygens (including phenoxy) is 1. The van der Waals surface area contributed by atoms with Crippen LogP contribution in [0.4, 0.5) is 0 Å². The molecule has 4 heteroatoms. The van der Waals surface area contributed by atoms with Crippen LogP contribution in [0, 0.1) is 0 Å². The molecule has 0 fully saturated rings. The van der Waals surface area contributed by atoms with Crippen molar-refractivity contribution < 1.29 is 4.74 Å². The number of aromatic nitrogens is 2. The fourth-order valence-corrected chi connectivity index (χ4v) is 1.84. The zero-order valence-corrected chi connectivity index (χ0v) is 10.7. The van der Waals surface area contributed by atoms with E-state index in [1.807, 2.05) is 10.9 Å². The highest BCUT2D eigenvalue weighted by atomic mass is 16.5. The van der Waals surface area contributed by atoms with Gasteiger partial charge in [0.2, 0.25) is 0 Å². The Hall–Kier alpha value is -0.870. The first-order valence-corrected chi connectivity index (χ1v) is 5.99. The van der Waals surface area contributed by atoms with Gasteiger partial charge in [-0.3, -0.25) is 4.68 Å². The molecule has 0 aromatic carbocycles. The molecule has 1 aromatic heterocycles. The fraction of sp³-hybridized carbons (Fsp3) is 0.750. The third-order valence-corrected chi connectivity index (χ3v) is 2.74. The van der Waals surface area contributed by atoms with Crippen LogP contribution in [0.1, 0.15) is 44.8 Å². The quantitative estimate of drug-likeness (QED) is 0.773. The monoisotopic (exact) mass is 225 g/mol. The van der Waals surface area contributed by atoms with Crippen molar-refractivity contribution in [2.24, 2.45) is 0 Å². The van der Waals surface area contributed by atoms with E-state index < -0.39 is 0 Å². The van der Waals surface area contributed by atoms with Crippen LogP contribution in [-0.4, -0.2) is 30.0 Å². The number of hydrogen-bond acceptors (Lipinski definition) is 3. The SMILES string of the molecule is CCNC(CC)c1cnn(C(C)COC)c1. The van der Waals surface area contributed by atoms with Gasteiger partial charge in [0.05, 0.1) is 18.8 Å². The van der Waals surface area contributed by atoms with Crippen LogP contribution in [0.25, 0.3) is 0 Å². The number of rotatable bonds is 7. The molecular formula is C12H23N3O. The lowest BCUT2D eigenvalue weighted by molar-refractivity contribution is 0.157. The van der Waals surface area contributed by atoms with Crippen LogP contribution >= 0.6 is 0 Å². The van der Waals surface area contributed by atoms with E-state index in [-0.39, 0.29) is 6.04 Å². The summed E-state index contributed by atoms with van der Waals surface area (Å²) in [5.74, 6) is 0. The summed E-state index contributed by atoms with van der Waals surface area (Å²) in [4.78, 5) is 0. The molecule has 0 aliphatic heterocycles. The summed E-state index contributed by atoms with van der Waals surface area (Å²) in [6.07, 6.45) is 5.14. The Morgan fingerprint density at radius 1 is 1.50 bits per heavy atom. The number of nitrogens with zero attached hydrogens (tertiary/aromatic N) is 2.